The summed E-state index contributed by atoms with van der Waals surface area (Å²) >= 11 is 0. The third-order valence-electron chi connectivity index (χ3n) is 12.7. The van der Waals surface area contributed by atoms with Gasteiger partial charge in [0.05, 0.1) is 0 Å². The number of hydrogen-bond acceptors (Lipinski definition) is 1. The fourth-order valence-electron chi connectivity index (χ4n) is 9.49. The van der Waals surface area contributed by atoms with Gasteiger partial charge in [0.1, 0.15) is 0 Å². The van der Waals surface area contributed by atoms with Crippen LogP contribution in [0, 0.1) is 0 Å². The van der Waals surface area contributed by atoms with Crippen LogP contribution in [0.4, 0.5) is 17.1 Å². The monoisotopic (exact) mass is 765 g/mol. The smallest absolute Gasteiger partial charge is 0.0465 e. The molecular weight excluding hydrogens is 723 g/mol. The summed E-state index contributed by atoms with van der Waals surface area (Å²) in [5, 5.41) is 5.15. The fourth-order valence-corrected chi connectivity index (χ4v) is 9.49. The molecule has 0 radical (unpaired) electrons. The summed E-state index contributed by atoms with van der Waals surface area (Å²) in [5.41, 5.74) is 18.4. The van der Waals surface area contributed by atoms with Crippen LogP contribution in [0.2, 0.25) is 0 Å². The first-order valence-electron chi connectivity index (χ1n) is 20.9. The van der Waals surface area contributed by atoms with Crippen LogP contribution in [0.25, 0.3) is 77.2 Å². The number of benzene rings is 10. The van der Waals surface area contributed by atoms with Gasteiger partial charge in [0.2, 0.25) is 0 Å². The number of para-hydroxylation sites is 1. The van der Waals surface area contributed by atoms with E-state index in [-0.39, 0.29) is 5.41 Å². The van der Waals surface area contributed by atoms with Gasteiger partial charge in [0, 0.05) is 22.5 Å². The number of anilines is 3. The molecule has 10 aromatic carbocycles. The Morgan fingerprint density at radius 3 is 1.38 bits per heavy atom. The lowest BCUT2D eigenvalue weighted by molar-refractivity contribution is 0.660. The van der Waals surface area contributed by atoms with Gasteiger partial charge in [0.15, 0.2) is 0 Å². The molecule has 60 heavy (non-hydrogen) atoms. The molecule has 0 spiro atoms. The van der Waals surface area contributed by atoms with E-state index in [0.29, 0.717) is 0 Å². The Labute approximate surface area is 352 Å². The lowest BCUT2D eigenvalue weighted by Gasteiger charge is -2.28. The zero-order chi connectivity index (χ0) is 40.2. The minimum absolute atomic E-state index is 0.182. The normalized spacial score (nSPS) is 12.6. The molecule has 1 aliphatic rings. The maximum atomic E-state index is 2.43. The third kappa shape index (κ3) is 6.10. The predicted molar refractivity (Wildman–Crippen MR) is 255 cm³/mol. The zero-order valence-electron chi connectivity index (χ0n) is 33.8. The molecule has 0 saturated heterocycles. The van der Waals surface area contributed by atoms with Crippen LogP contribution >= 0.6 is 0 Å². The minimum Gasteiger partial charge on any atom is -0.310 e. The Bertz CT molecular complexity index is 3180. The van der Waals surface area contributed by atoms with E-state index in [1.807, 2.05) is 0 Å². The van der Waals surface area contributed by atoms with Crippen LogP contribution in [-0.2, 0) is 5.41 Å². The molecule has 1 nitrogen and oxygen atoms in total. The zero-order valence-corrected chi connectivity index (χ0v) is 33.8. The molecule has 10 aromatic rings. The Morgan fingerprint density at radius 2 is 0.717 bits per heavy atom. The Hall–Kier alpha value is -7.48. The van der Waals surface area contributed by atoms with Crippen molar-refractivity contribution in [1.29, 1.82) is 0 Å². The van der Waals surface area contributed by atoms with Crippen molar-refractivity contribution >= 4 is 38.6 Å². The molecule has 0 unspecified atom stereocenters. The minimum atomic E-state index is -0.182. The van der Waals surface area contributed by atoms with Crippen LogP contribution in [-0.4, -0.2) is 0 Å². The molecule has 1 heteroatoms. The Morgan fingerprint density at radius 1 is 0.283 bits per heavy atom. The van der Waals surface area contributed by atoms with E-state index in [1.54, 1.807) is 0 Å². The van der Waals surface area contributed by atoms with Crippen molar-refractivity contribution < 1.29 is 0 Å². The number of rotatable bonds is 7. The van der Waals surface area contributed by atoms with Gasteiger partial charge in [-0.1, -0.05) is 190 Å². The first-order chi connectivity index (χ1) is 29.5. The fraction of sp³-hybridized carbons (Fsp3) is 0.0508. The summed E-state index contributed by atoms with van der Waals surface area (Å²) in [7, 11) is 0. The molecule has 0 aliphatic heterocycles. The van der Waals surface area contributed by atoms with E-state index in [9.17, 15) is 0 Å². The Kier molecular flexibility index (Phi) is 8.57. The molecule has 0 atom stereocenters. The highest BCUT2D eigenvalue weighted by Gasteiger charge is 2.36. The van der Waals surface area contributed by atoms with Gasteiger partial charge in [0.25, 0.3) is 0 Å². The average molecular weight is 766 g/mol. The summed E-state index contributed by atoms with van der Waals surface area (Å²) in [6.45, 7) is 4.76. The number of fused-ring (bicyclic) bond motifs is 6. The molecule has 284 valence electrons. The highest BCUT2D eigenvalue weighted by atomic mass is 15.1. The first-order valence-corrected chi connectivity index (χ1v) is 20.9. The SMILES string of the molecule is CC1(C)c2cc(-c3ccc(-c4cc5ccccc5c5ccccc45)cc3)ccc2-c2ccc(N(c3ccccc3)c3ccc(-c4ccc(-c5ccccc5)cc4)cc3)cc21. The van der Waals surface area contributed by atoms with Crippen molar-refractivity contribution in [2.24, 2.45) is 0 Å². The third-order valence-corrected chi connectivity index (χ3v) is 12.7. The van der Waals surface area contributed by atoms with Crippen LogP contribution in [0.1, 0.15) is 25.0 Å². The van der Waals surface area contributed by atoms with Crippen LogP contribution < -0.4 is 4.90 Å². The number of nitrogens with zero attached hydrogens (tertiary/aromatic N) is 1. The molecule has 0 aromatic heterocycles. The quantitative estimate of drug-likeness (QED) is 0.146. The summed E-state index contributed by atoms with van der Waals surface area (Å²) in [6.07, 6.45) is 0. The largest absolute Gasteiger partial charge is 0.310 e. The van der Waals surface area contributed by atoms with Crippen molar-refractivity contribution in [2.45, 2.75) is 19.3 Å². The van der Waals surface area contributed by atoms with Gasteiger partial charge in [-0.15, -0.1) is 0 Å². The first kappa shape index (κ1) is 35.7. The topological polar surface area (TPSA) is 3.24 Å². The summed E-state index contributed by atoms with van der Waals surface area (Å²) < 4.78 is 0. The lowest BCUT2D eigenvalue weighted by Crippen LogP contribution is -2.16. The standard InChI is InChI=1S/C59H43N/c1-59(2)57-38-46(44-25-27-45(28-26-44)56-37-47-15-9-10-18-51(47)52-19-11-12-20-53(52)56)31-35-54(57)55-36-34-50(39-58(55)59)60(48-16-7-4-8-17-48)49-32-29-43(30-33-49)42-23-21-41(22-24-42)40-13-5-3-6-14-40/h3-39H,1-2H3. The van der Waals surface area contributed by atoms with E-state index in [1.165, 1.54) is 88.3 Å². The second kappa shape index (κ2) is 14.4. The van der Waals surface area contributed by atoms with Crippen molar-refractivity contribution in [3.8, 4) is 55.6 Å². The molecular formula is C59H43N. The summed E-state index contributed by atoms with van der Waals surface area (Å²) in [4.78, 5) is 2.38. The van der Waals surface area contributed by atoms with Crippen molar-refractivity contribution in [2.75, 3.05) is 4.90 Å². The van der Waals surface area contributed by atoms with Crippen LogP contribution in [0.15, 0.2) is 224 Å². The van der Waals surface area contributed by atoms with Gasteiger partial charge in [-0.2, -0.15) is 0 Å². The van der Waals surface area contributed by atoms with E-state index < -0.39 is 0 Å². The highest BCUT2D eigenvalue weighted by molar-refractivity contribution is 6.13. The van der Waals surface area contributed by atoms with Crippen molar-refractivity contribution in [1.82, 2.24) is 0 Å². The van der Waals surface area contributed by atoms with Gasteiger partial charge < -0.3 is 4.90 Å². The lowest BCUT2D eigenvalue weighted by atomic mass is 9.81. The van der Waals surface area contributed by atoms with E-state index in [2.05, 4.69) is 243 Å². The maximum absolute atomic E-state index is 2.43. The molecule has 1 aliphatic carbocycles. The van der Waals surface area contributed by atoms with E-state index >= 15 is 0 Å². The van der Waals surface area contributed by atoms with E-state index in [0.717, 1.165) is 17.1 Å². The van der Waals surface area contributed by atoms with E-state index in [4.69, 9.17) is 0 Å². The van der Waals surface area contributed by atoms with Gasteiger partial charge in [-0.3, -0.25) is 0 Å². The maximum Gasteiger partial charge on any atom is 0.0465 e. The van der Waals surface area contributed by atoms with Crippen molar-refractivity contribution in [3.05, 3.63) is 236 Å². The summed E-state index contributed by atoms with van der Waals surface area (Å²) in [6, 6.07) is 82.2. The second-order valence-electron chi connectivity index (χ2n) is 16.5. The molecule has 11 rings (SSSR count). The molecule has 0 amide bonds. The average Bonchev–Trinajstić information content (AvgIpc) is 3.54. The van der Waals surface area contributed by atoms with Gasteiger partial charge in [-0.05, 0) is 137 Å². The number of hydrogen-bond donors (Lipinski definition) is 0. The summed E-state index contributed by atoms with van der Waals surface area (Å²) in [5.74, 6) is 0. The van der Waals surface area contributed by atoms with Gasteiger partial charge >= 0.3 is 0 Å². The van der Waals surface area contributed by atoms with Gasteiger partial charge in [-0.25, -0.2) is 0 Å². The highest BCUT2D eigenvalue weighted by Crippen LogP contribution is 2.52. The molecule has 0 fully saturated rings. The Balaban J connectivity index is 0.904. The predicted octanol–water partition coefficient (Wildman–Crippen LogP) is 16.4. The van der Waals surface area contributed by atoms with Crippen LogP contribution in [0.5, 0.6) is 0 Å². The second-order valence-corrected chi connectivity index (χ2v) is 16.5. The van der Waals surface area contributed by atoms with Crippen LogP contribution in [0.3, 0.4) is 0 Å². The molecule has 0 N–H and O–H groups in total. The van der Waals surface area contributed by atoms with Crippen molar-refractivity contribution in [3.63, 3.8) is 0 Å². The molecule has 0 bridgehead atoms. The molecule has 0 heterocycles. The molecule has 0 saturated carbocycles.